The third-order valence-corrected chi connectivity index (χ3v) is 5.02. The summed E-state index contributed by atoms with van der Waals surface area (Å²) >= 11 is 6.24. The maximum absolute atomic E-state index is 10.2. The van der Waals surface area contributed by atoms with Gasteiger partial charge in [-0.05, 0) is 44.7 Å². The van der Waals surface area contributed by atoms with E-state index in [0.29, 0.717) is 11.6 Å². The van der Waals surface area contributed by atoms with Gasteiger partial charge in [0.25, 0.3) is 0 Å². The first kappa shape index (κ1) is 17.3. The summed E-state index contributed by atoms with van der Waals surface area (Å²) in [5, 5.41) is 17.6. The van der Waals surface area contributed by atoms with Crippen LogP contribution in [0.4, 0.5) is 5.82 Å². The minimum atomic E-state index is -0.592. The SMILES string of the molecule is CCNC(=NCC1(O)CCC1)NC1CCN(c2ncccc2Cl)C1. The molecular weight excluding hydrogens is 326 g/mol. The summed E-state index contributed by atoms with van der Waals surface area (Å²) in [7, 11) is 0. The molecule has 1 aromatic heterocycles. The van der Waals surface area contributed by atoms with Crippen molar-refractivity contribution in [2.45, 2.75) is 44.2 Å². The Bertz CT molecular complexity index is 590. The highest BCUT2D eigenvalue weighted by Crippen LogP contribution is 2.31. The summed E-state index contributed by atoms with van der Waals surface area (Å²) in [5.74, 6) is 1.62. The van der Waals surface area contributed by atoms with Crippen molar-refractivity contribution in [2.24, 2.45) is 4.99 Å². The minimum Gasteiger partial charge on any atom is -0.388 e. The van der Waals surface area contributed by atoms with Crippen LogP contribution in [0, 0.1) is 0 Å². The van der Waals surface area contributed by atoms with Crippen LogP contribution in [0.5, 0.6) is 0 Å². The molecule has 6 nitrogen and oxygen atoms in total. The van der Waals surface area contributed by atoms with Crippen molar-refractivity contribution in [1.29, 1.82) is 0 Å². The molecule has 0 bridgehead atoms. The normalized spacial score (nSPS) is 23.0. The van der Waals surface area contributed by atoms with Gasteiger partial charge in [0.05, 0.1) is 17.2 Å². The fourth-order valence-corrected chi connectivity index (χ4v) is 3.40. The van der Waals surface area contributed by atoms with Crippen LogP contribution < -0.4 is 15.5 Å². The average molecular weight is 352 g/mol. The van der Waals surface area contributed by atoms with Gasteiger partial charge in [-0.15, -0.1) is 0 Å². The molecule has 1 aliphatic heterocycles. The topological polar surface area (TPSA) is 72.8 Å². The molecule has 2 fully saturated rings. The van der Waals surface area contributed by atoms with E-state index in [9.17, 15) is 5.11 Å². The van der Waals surface area contributed by atoms with Gasteiger partial charge in [-0.25, -0.2) is 4.98 Å². The van der Waals surface area contributed by atoms with Gasteiger partial charge < -0.3 is 20.6 Å². The molecule has 24 heavy (non-hydrogen) atoms. The summed E-state index contributed by atoms with van der Waals surface area (Å²) in [6.45, 7) is 5.06. The zero-order valence-electron chi connectivity index (χ0n) is 14.1. The van der Waals surface area contributed by atoms with E-state index in [1.807, 2.05) is 19.1 Å². The van der Waals surface area contributed by atoms with Crippen LogP contribution in [-0.2, 0) is 0 Å². The second-order valence-electron chi connectivity index (χ2n) is 6.66. The smallest absolute Gasteiger partial charge is 0.191 e. The maximum Gasteiger partial charge on any atom is 0.191 e. The average Bonchev–Trinajstić information content (AvgIpc) is 3.00. The van der Waals surface area contributed by atoms with Gasteiger partial charge in [0.15, 0.2) is 5.96 Å². The number of aromatic nitrogens is 1. The Hall–Kier alpha value is -1.53. The number of aliphatic imine (C=N–C) groups is 1. The quantitative estimate of drug-likeness (QED) is 0.557. The molecule has 1 saturated heterocycles. The van der Waals surface area contributed by atoms with Gasteiger partial charge in [-0.2, -0.15) is 0 Å². The highest BCUT2D eigenvalue weighted by molar-refractivity contribution is 6.32. The molecule has 3 rings (SSSR count). The highest BCUT2D eigenvalue weighted by atomic mass is 35.5. The van der Waals surface area contributed by atoms with E-state index in [4.69, 9.17) is 11.6 Å². The van der Waals surface area contributed by atoms with Crippen molar-refractivity contribution in [3.8, 4) is 0 Å². The van der Waals surface area contributed by atoms with Crippen LogP contribution in [0.15, 0.2) is 23.3 Å². The largest absolute Gasteiger partial charge is 0.388 e. The van der Waals surface area contributed by atoms with Crippen LogP contribution >= 0.6 is 11.6 Å². The molecule has 0 aromatic carbocycles. The van der Waals surface area contributed by atoms with Gasteiger partial charge in [-0.3, -0.25) is 4.99 Å². The molecule has 1 aromatic rings. The lowest BCUT2D eigenvalue weighted by molar-refractivity contribution is -0.0236. The Morgan fingerprint density at radius 2 is 2.38 bits per heavy atom. The van der Waals surface area contributed by atoms with Crippen molar-refractivity contribution in [3.63, 3.8) is 0 Å². The van der Waals surface area contributed by atoms with Gasteiger partial charge in [-0.1, -0.05) is 11.6 Å². The van der Waals surface area contributed by atoms with E-state index in [-0.39, 0.29) is 6.04 Å². The molecular formula is C17H26ClN5O. The molecule has 132 valence electrons. The Kier molecular flexibility index (Phi) is 5.46. The molecule has 0 amide bonds. The van der Waals surface area contributed by atoms with Crippen molar-refractivity contribution in [3.05, 3.63) is 23.4 Å². The summed E-state index contributed by atoms with van der Waals surface area (Å²) in [4.78, 5) is 11.2. The number of hydrogen-bond donors (Lipinski definition) is 3. The van der Waals surface area contributed by atoms with E-state index >= 15 is 0 Å². The van der Waals surface area contributed by atoms with Crippen molar-refractivity contribution in [2.75, 3.05) is 31.1 Å². The Morgan fingerprint density at radius 3 is 3.04 bits per heavy atom. The number of guanidine groups is 1. The van der Waals surface area contributed by atoms with Crippen LogP contribution in [0.3, 0.4) is 0 Å². The van der Waals surface area contributed by atoms with E-state index in [1.54, 1.807) is 6.20 Å². The number of nitrogens with zero attached hydrogens (tertiary/aromatic N) is 3. The fraction of sp³-hybridized carbons (Fsp3) is 0.647. The number of pyridine rings is 1. The first-order valence-electron chi connectivity index (χ1n) is 8.72. The molecule has 2 heterocycles. The highest BCUT2D eigenvalue weighted by Gasteiger charge is 2.34. The van der Waals surface area contributed by atoms with Crippen LogP contribution in [-0.4, -0.2) is 53.9 Å². The van der Waals surface area contributed by atoms with Gasteiger partial charge in [0.2, 0.25) is 0 Å². The standard InChI is InChI=1S/C17H26ClN5O/c1-2-19-16(21-12-17(24)7-4-8-17)22-13-6-10-23(11-13)15-14(18)5-3-9-20-15/h3,5,9,13,24H,2,4,6-8,10-12H2,1H3,(H2,19,21,22). The van der Waals surface area contributed by atoms with Gasteiger partial charge in [0, 0.05) is 31.9 Å². The molecule has 7 heteroatoms. The zero-order chi connectivity index (χ0) is 17.0. The molecule has 1 unspecified atom stereocenters. The van der Waals surface area contributed by atoms with Crippen molar-refractivity contribution < 1.29 is 5.11 Å². The lowest BCUT2D eigenvalue weighted by atomic mass is 9.80. The predicted molar refractivity (Wildman–Crippen MR) is 97.8 cm³/mol. The maximum atomic E-state index is 10.2. The lowest BCUT2D eigenvalue weighted by Gasteiger charge is -2.35. The van der Waals surface area contributed by atoms with Gasteiger partial charge >= 0.3 is 0 Å². The van der Waals surface area contributed by atoms with Crippen LogP contribution in [0.2, 0.25) is 5.02 Å². The Labute approximate surface area is 148 Å². The lowest BCUT2D eigenvalue weighted by Crippen LogP contribution is -2.46. The molecule has 2 aliphatic rings. The zero-order valence-corrected chi connectivity index (χ0v) is 14.9. The first-order valence-corrected chi connectivity index (χ1v) is 9.10. The number of nitrogens with one attached hydrogen (secondary N) is 2. The Balaban J connectivity index is 1.58. The molecule has 0 spiro atoms. The van der Waals surface area contributed by atoms with Crippen molar-refractivity contribution >= 4 is 23.4 Å². The molecule has 3 N–H and O–H groups in total. The molecule has 1 atom stereocenters. The molecule has 1 saturated carbocycles. The van der Waals surface area contributed by atoms with Crippen LogP contribution in [0.25, 0.3) is 0 Å². The van der Waals surface area contributed by atoms with E-state index in [1.165, 1.54) is 0 Å². The minimum absolute atomic E-state index is 0.289. The first-order chi connectivity index (χ1) is 11.6. The fourth-order valence-electron chi connectivity index (χ4n) is 3.16. The summed E-state index contributed by atoms with van der Waals surface area (Å²) < 4.78 is 0. The predicted octanol–water partition coefficient (Wildman–Crippen LogP) is 1.78. The van der Waals surface area contributed by atoms with Crippen LogP contribution in [0.1, 0.15) is 32.6 Å². The summed E-state index contributed by atoms with van der Waals surface area (Å²) in [6.07, 6.45) is 5.57. The van der Waals surface area contributed by atoms with E-state index in [0.717, 1.165) is 57.1 Å². The monoisotopic (exact) mass is 351 g/mol. The number of rotatable bonds is 5. The van der Waals surface area contributed by atoms with E-state index in [2.05, 4.69) is 25.5 Å². The van der Waals surface area contributed by atoms with Crippen molar-refractivity contribution in [1.82, 2.24) is 15.6 Å². The number of aliphatic hydroxyl groups is 1. The number of hydrogen-bond acceptors (Lipinski definition) is 4. The summed E-state index contributed by atoms with van der Waals surface area (Å²) in [6, 6.07) is 4.01. The Morgan fingerprint density at radius 1 is 1.54 bits per heavy atom. The summed E-state index contributed by atoms with van der Waals surface area (Å²) in [5.41, 5.74) is -0.592. The third kappa shape index (κ3) is 4.11. The van der Waals surface area contributed by atoms with Gasteiger partial charge in [0.1, 0.15) is 5.82 Å². The second-order valence-corrected chi connectivity index (χ2v) is 7.07. The molecule has 0 radical (unpaired) electrons. The third-order valence-electron chi connectivity index (χ3n) is 4.73. The second kappa shape index (κ2) is 7.57. The number of halogens is 1. The molecule has 1 aliphatic carbocycles. The number of anilines is 1. The van der Waals surface area contributed by atoms with E-state index < -0.39 is 5.60 Å².